The van der Waals surface area contributed by atoms with Crippen molar-refractivity contribution in [2.45, 2.75) is 38.5 Å². The number of anilines is 1. The molecule has 0 saturated heterocycles. The van der Waals surface area contributed by atoms with Crippen LogP contribution in [-0.2, 0) is 9.53 Å². The molecule has 1 aromatic rings. The highest BCUT2D eigenvalue weighted by Crippen LogP contribution is 2.57. The second kappa shape index (κ2) is 5.79. The maximum atomic E-state index is 12.2. The Labute approximate surface area is 135 Å². The predicted molar refractivity (Wildman–Crippen MR) is 83.4 cm³/mol. The van der Waals surface area contributed by atoms with Crippen LogP contribution in [0.1, 0.15) is 49.0 Å². The van der Waals surface area contributed by atoms with Gasteiger partial charge in [-0.1, -0.05) is 0 Å². The lowest BCUT2D eigenvalue weighted by Crippen LogP contribution is -2.50. The smallest absolute Gasteiger partial charge is 0.311 e. The number of hydrogen-bond acceptors (Lipinski definition) is 6. The van der Waals surface area contributed by atoms with Gasteiger partial charge >= 0.3 is 5.97 Å². The molecule has 3 aliphatic carbocycles. The van der Waals surface area contributed by atoms with Crippen LogP contribution < -0.4 is 11.1 Å². The van der Waals surface area contributed by atoms with Gasteiger partial charge in [-0.05, 0) is 43.9 Å². The van der Waals surface area contributed by atoms with E-state index in [1.807, 2.05) is 0 Å². The number of nitrogens with two attached hydrogens (primary N) is 1. The number of rotatable bonds is 4. The summed E-state index contributed by atoms with van der Waals surface area (Å²) in [6.45, 7) is 0.604. The number of fused-ring (bicyclic) bond motifs is 3. The maximum Gasteiger partial charge on any atom is 0.311 e. The SMILES string of the molecule is COC(=O)C12CCC(CNC(=O)c3cc(N)ncn3)(CC1)CC2. The van der Waals surface area contributed by atoms with Gasteiger partial charge in [0.25, 0.3) is 5.91 Å². The molecule has 3 saturated carbocycles. The van der Waals surface area contributed by atoms with Crippen molar-refractivity contribution in [3.8, 4) is 0 Å². The maximum absolute atomic E-state index is 12.2. The monoisotopic (exact) mass is 318 g/mol. The fourth-order valence-corrected chi connectivity index (χ4v) is 3.91. The van der Waals surface area contributed by atoms with E-state index in [2.05, 4.69) is 15.3 Å². The second-order valence-corrected chi connectivity index (χ2v) is 6.78. The second-order valence-electron chi connectivity index (χ2n) is 6.78. The Morgan fingerprint density at radius 2 is 1.87 bits per heavy atom. The Bertz CT molecular complexity index is 607. The molecule has 3 aliphatic rings. The summed E-state index contributed by atoms with van der Waals surface area (Å²) in [7, 11) is 1.46. The molecule has 3 N–H and O–H groups in total. The molecule has 7 heteroatoms. The number of carbonyl (C=O) groups is 2. The van der Waals surface area contributed by atoms with Gasteiger partial charge in [-0.25, -0.2) is 9.97 Å². The number of carbonyl (C=O) groups excluding carboxylic acids is 2. The number of esters is 1. The Kier molecular flexibility index (Phi) is 3.95. The first-order chi connectivity index (χ1) is 11.0. The quantitative estimate of drug-likeness (QED) is 0.810. The normalized spacial score (nSPS) is 29.1. The third kappa shape index (κ3) is 2.87. The van der Waals surface area contributed by atoms with Gasteiger partial charge in [0.05, 0.1) is 12.5 Å². The Morgan fingerprint density at radius 1 is 1.22 bits per heavy atom. The first-order valence-corrected chi connectivity index (χ1v) is 7.93. The topological polar surface area (TPSA) is 107 Å². The minimum absolute atomic E-state index is 0.0775. The van der Waals surface area contributed by atoms with Crippen LogP contribution >= 0.6 is 0 Å². The van der Waals surface area contributed by atoms with Crippen molar-refractivity contribution in [1.82, 2.24) is 15.3 Å². The zero-order chi connectivity index (χ0) is 16.5. The largest absolute Gasteiger partial charge is 0.469 e. The summed E-state index contributed by atoms with van der Waals surface area (Å²) in [5, 5.41) is 2.97. The molecule has 124 valence electrons. The van der Waals surface area contributed by atoms with Gasteiger partial charge in [-0.2, -0.15) is 0 Å². The fourth-order valence-electron chi connectivity index (χ4n) is 3.91. The van der Waals surface area contributed by atoms with Crippen LogP contribution in [-0.4, -0.2) is 35.5 Å². The van der Waals surface area contributed by atoms with Crippen LogP contribution in [0.3, 0.4) is 0 Å². The fraction of sp³-hybridized carbons (Fsp3) is 0.625. The van der Waals surface area contributed by atoms with E-state index in [-0.39, 0.29) is 34.2 Å². The minimum Gasteiger partial charge on any atom is -0.469 e. The number of nitrogens with zero attached hydrogens (tertiary/aromatic N) is 2. The molecule has 1 aromatic heterocycles. The van der Waals surface area contributed by atoms with Gasteiger partial charge in [0, 0.05) is 12.6 Å². The average Bonchev–Trinajstić information content (AvgIpc) is 2.60. The van der Waals surface area contributed by atoms with Gasteiger partial charge in [-0.3, -0.25) is 9.59 Å². The molecule has 0 spiro atoms. The van der Waals surface area contributed by atoms with E-state index >= 15 is 0 Å². The molecule has 4 rings (SSSR count). The summed E-state index contributed by atoms with van der Waals surface area (Å²) in [4.78, 5) is 31.9. The number of amides is 1. The summed E-state index contributed by atoms with van der Waals surface area (Å²) in [6.07, 6.45) is 6.63. The highest BCUT2D eigenvalue weighted by Gasteiger charge is 2.52. The molecule has 2 bridgehead atoms. The highest BCUT2D eigenvalue weighted by molar-refractivity contribution is 5.92. The van der Waals surface area contributed by atoms with E-state index in [9.17, 15) is 9.59 Å². The molecule has 1 heterocycles. The number of ether oxygens (including phenoxy) is 1. The van der Waals surface area contributed by atoms with Crippen LogP contribution in [0.25, 0.3) is 0 Å². The molecule has 7 nitrogen and oxygen atoms in total. The third-order valence-corrected chi connectivity index (χ3v) is 5.56. The lowest BCUT2D eigenvalue weighted by molar-refractivity contribution is -0.162. The van der Waals surface area contributed by atoms with E-state index in [0.29, 0.717) is 6.54 Å². The molecule has 23 heavy (non-hydrogen) atoms. The number of aromatic nitrogens is 2. The Hall–Kier alpha value is -2.18. The average molecular weight is 318 g/mol. The summed E-state index contributed by atoms with van der Waals surface area (Å²) >= 11 is 0. The van der Waals surface area contributed by atoms with Crippen molar-refractivity contribution >= 4 is 17.7 Å². The molecular formula is C16H22N4O3. The van der Waals surface area contributed by atoms with Crippen LogP contribution in [0.15, 0.2) is 12.4 Å². The number of nitrogens with one attached hydrogen (secondary N) is 1. The molecule has 0 unspecified atom stereocenters. The lowest BCUT2D eigenvalue weighted by Gasteiger charge is -2.51. The predicted octanol–water partition coefficient (Wildman–Crippen LogP) is 1.30. The molecule has 0 aliphatic heterocycles. The molecule has 0 radical (unpaired) electrons. The van der Waals surface area contributed by atoms with Crippen LogP contribution in [0.2, 0.25) is 0 Å². The third-order valence-electron chi connectivity index (χ3n) is 5.56. The van der Waals surface area contributed by atoms with Crippen molar-refractivity contribution in [2.75, 3.05) is 19.4 Å². The van der Waals surface area contributed by atoms with Crippen molar-refractivity contribution < 1.29 is 14.3 Å². The van der Waals surface area contributed by atoms with Crippen LogP contribution in [0.4, 0.5) is 5.82 Å². The molecule has 0 aromatic carbocycles. The molecule has 3 fully saturated rings. The molecule has 0 atom stereocenters. The standard InChI is InChI=1S/C16H22N4O3/c1-23-14(22)16-5-2-15(3-6-16,4-7-16)9-18-13(21)11-8-12(17)20-10-19-11/h8,10H,2-7,9H2,1H3,(H,18,21)(H2,17,19,20). The molecular weight excluding hydrogens is 296 g/mol. The van der Waals surface area contributed by atoms with Gasteiger partial charge in [0.2, 0.25) is 0 Å². The number of nitrogen functional groups attached to an aromatic ring is 1. The zero-order valence-corrected chi connectivity index (χ0v) is 13.3. The van der Waals surface area contributed by atoms with Gasteiger partial charge in [0.15, 0.2) is 0 Å². The van der Waals surface area contributed by atoms with Crippen LogP contribution in [0, 0.1) is 10.8 Å². The van der Waals surface area contributed by atoms with Gasteiger partial charge in [0.1, 0.15) is 17.8 Å². The highest BCUT2D eigenvalue weighted by atomic mass is 16.5. The summed E-state index contributed by atoms with van der Waals surface area (Å²) in [5.41, 5.74) is 5.65. The zero-order valence-electron chi connectivity index (χ0n) is 13.3. The van der Waals surface area contributed by atoms with Gasteiger partial charge in [-0.15, -0.1) is 0 Å². The summed E-state index contributed by atoms with van der Waals surface area (Å²) < 4.78 is 4.97. The van der Waals surface area contributed by atoms with Crippen molar-refractivity contribution in [2.24, 2.45) is 10.8 Å². The first-order valence-electron chi connectivity index (χ1n) is 7.93. The van der Waals surface area contributed by atoms with E-state index in [1.165, 1.54) is 19.5 Å². The van der Waals surface area contributed by atoms with Crippen molar-refractivity contribution in [3.63, 3.8) is 0 Å². The Morgan fingerprint density at radius 3 is 2.43 bits per heavy atom. The van der Waals surface area contributed by atoms with Crippen molar-refractivity contribution in [3.05, 3.63) is 18.1 Å². The Balaban J connectivity index is 1.60. The van der Waals surface area contributed by atoms with E-state index in [0.717, 1.165) is 38.5 Å². The number of hydrogen-bond donors (Lipinski definition) is 2. The summed E-state index contributed by atoms with van der Waals surface area (Å²) in [5.74, 6) is -0.0309. The number of methoxy groups -OCH3 is 1. The van der Waals surface area contributed by atoms with Crippen LogP contribution in [0.5, 0.6) is 0 Å². The van der Waals surface area contributed by atoms with E-state index in [1.54, 1.807) is 0 Å². The van der Waals surface area contributed by atoms with E-state index in [4.69, 9.17) is 10.5 Å². The summed E-state index contributed by atoms with van der Waals surface area (Å²) in [6, 6.07) is 1.47. The molecule has 1 amide bonds. The van der Waals surface area contributed by atoms with E-state index < -0.39 is 0 Å². The van der Waals surface area contributed by atoms with Gasteiger partial charge < -0.3 is 15.8 Å². The van der Waals surface area contributed by atoms with Crippen molar-refractivity contribution in [1.29, 1.82) is 0 Å². The first kappa shape index (κ1) is 15.7. The minimum atomic E-state index is -0.290. The lowest BCUT2D eigenvalue weighted by atomic mass is 9.53.